The monoisotopic (exact) mass is 1020 g/mol. The van der Waals surface area contributed by atoms with Crippen LogP contribution in [0.15, 0.2) is 294 Å². The predicted molar refractivity (Wildman–Crippen MR) is 332 cm³/mol. The van der Waals surface area contributed by atoms with Gasteiger partial charge in [-0.3, -0.25) is 0 Å². The van der Waals surface area contributed by atoms with E-state index >= 15 is 0 Å². The first-order valence-corrected chi connectivity index (χ1v) is 26.9. The summed E-state index contributed by atoms with van der Waals surface area (Å²) in [6.45, 7) is 0. The minimum Gasteiger partial charge on any atom is -0.454 e. The number of furan rings is 2. The van der Waals surface area contributed by atoms with Crippen LogP contribution in [0.4, 0.5) is 34.1 Å². The van der Waals surface area contributed by atoms with Crippen molar-refractivity contribution in [1.82, 2.24) is 0 Å². The summed E-state index contributed by atoms with van der Waals surface area (Å²) in [5.41, 5.74) is 18.1. The lowest BCUT2D eigenvalue weighted by Crippen LogP contribution is -2.12. The molecule has 2 heterocycles. The van der Waals surface area contributed by atoms with Crippen molar-refractivity contribution in [3.8, 4) is 50.6 Å². The highest BCUT2D eigenvalue weighted by molar-refractivity contribution is 6.21. The number of benzene rings is 13. The van der Waals surface area contributed by atoms with Gasteiger partial charge in [-0.15, -0.1) is 0 Å². The number of hydrogen-bond donors (Lipinski definition) is 0. The van der Waals surface area contributed by atoms with E-state index in [1.165, 1.54) is 0 Å². The Morgan fingerprint density at radius 2 is 0.588 bits per heavy atom. The highest BCUT2D eigenvalue weighted by Gasteiger charge is 2.25. The second-order valence-corrected chi connectivity index (χ2v) is 20.3. The third-order valence-electron chi connectivity index (χ3n) is 15.6. The molecule has 0 saturated carbocycles. The topological polar surface area (TPSA) is 56.6 Å². The van der Waals surface area contributed by atoms with Crippen molar-refractivity contribution in [3.63, 3.8) is 0 Å². The van der Waals surface area contributed by atoms with E-state index in [0.717, 1.165) is 122 Å². The number of anilines is 6. The molecule has 2 aromatic heterocycles. The predicted octanol–water partition coefficient (Wildman–Crippen LogP) is 21.3. The summed E-state index contributed by atoms with van der Waals surface area (Å²) < 4.78 is 13.6. The van der Waals surface area contributed by atoms with Gasteiger partial charge in [0, 0.05) is 55.2 Å². The van der Waals surface area contributed by atoms with Crippen LogP contribution in [0.25, 0.3) is 110 Å². The molecule has 0 saturated heterocycles. The Labute approximate surface area is 462 Å². The van der Waals surface area contributed by atoms with Crippen LogP contribution in [-0.4, -0.2) is 0 Å². The Morgan fingerprint density at radius 3 is 0.912 bits per heavy atom. The van der Waals surface area contributed by atoms with Gasteiger partial charge in [-0.25, -0.2) is 0 Å². The highest BCUT2D eigenvalue weighted by Crippen LogP contribution is 2.49. The van der Waals surface area contributed by atoms with Crippen molar-refractivity contribution in [1.29, 1.82) is 5.26 Å². The van der Waals surface area contributed by atoms with E-state index in [1.807, 2.05) is 0 Å². The molecule has 0 aliphatic heterocycles. The fraction of sp³-hybridized carbons (Fsp3) is 0. The molecule has 0 aliphatic carbocycles. The molecule has 5 nitrogen and oxygen atoms in total. The normalized spacial score (nSPS) is 11.5. The standard InChI is InChI=1S/C75H47N3O2/c76-48-67-74-65(63-43-53-37-39-57(41-55(53)45-72(63)79-74)77(68-33-17-13-29-59(68)49-21-5-1-6-22-49)69-34-18-14-30-60(69)50-23-7-2-8-24-50)47-66-64-44-54-38-40-58(42-56(54)46-73(64)80-75(66)67)78(70-35-19-15-31-61(70)51-25-9-3-10-26-51)71-36-20-16-32-62(71)52-27-11-4-12-28-52/h1-47H. The number of fused-ring (bicyclic) bond motifs is 8. The molecule has 13 aromatic carbocycles. The number of rotatable bonds is 10. The van der Waals surface area contributed by atoms with Gasteiger partial charge in [-0.2, -0.15) is 5.26 Å². The summed E-state index contributed by atoms with van der Waals surface area (Å²) in [4.78, 5) is 4.74. The summed E-state index contributed by atoms with van der Waals surface area (Å²) >= 11 is 0. The van der Waals surface area contributed by atoms with Crippen molar-refractivity contribution in [2.75, 3.05) is 9.80 Å². The second-order valence-electron chi connectivity index (χ2n) is 20.3. The average Bonchev–Trinajstić information content (AvgIpc) is 4.26. The van der Waals surface area contributed by atoms with E-state index in [2.05, 4.69) is 301 Å². The molecule has 15 rings (SSSR count). The van der Waals surface area contributed by atoms with Crippen LogP contribution in [0, 0.1) is 11.3 Å². The van der Waals surface area contributed by atoms with E-state index in [-0.39, 0.29) is 0 Å². The van der Waals surface area contributed by atoms with Crippen LogP contribution >= 0.6 is 0 Å². The zero-order valence-corrected chi connectivity index (χ0v) is 43.3. The zero-order chi connectivity index (χ0) is 53.1. The van der Waals surface area contributed by atoms with Crippen LogP contribution in [0.3, 0.4) is 0 Å². The van der Waals surface area contributed by atoms with Crippen LogP contribution in [0.5, 0.6) is 0 Å². The molecular weight excluding hydrogens is 975 g/mol. The summed E-state index contributed by atoms with van der Waals surface area (Å²) in [7, 11) is 0. The zero-order valence-electron chi connectivity index (χ0n) is 43.3. The Morgan fingerprint density at radius 1 is 0.275 bits per heavy atom. The van der Waals surface area contributed by atoms with Crippen molar-refractivity contribution < 1.29 is 8.83 Å². The van der Waals surface area contributed by atoms with E-state index in [9.17, 15) is 5.26 Å². The molecule has 0 aliphatic rings. The Hall–Kier alpha value is -10.9. The molecule has 0 fully saturated rings. The van der Waals surface area contributed by atoms with Gasteiger partial charge in [0.25, 0.3) is 0 Å². The molecule has 5 heteroatoms. The van der Waals surface area contributed by atoms with Gasteiger partial charge in [0.15, 0.2) is 11.2 Å². The Bertz CT molecular complexity index is 4440. The largest absolute Gasteiger partial charge is 0.454 e. The van der Waals surface area contributed by atoms with Crippen LogP contribution < -0.4 is 9.80 Å². The van der Waals surface area contributed by atoms with Crippen molar-refractivity contribution in [2.45, 2.75) is 0 Å². The van der Waals surface area contributed by atoms with E-state index in [4.69, 9.17) is 8.83 Å². The van der Waals surface area contributed by atoms with Gasteiger partial charge >= 0.3 is 0 Å². The molecule has 0 atom stereocenters. The lowest BCUT2D eigenvalue weighted by Gasteiger charge is -2.30. The number of para-hydroxylation sites is 4. The Balaban J connectivity index is 0.865. The quantitative estimate of drug-likeness (QED) is 0.137. The molecule has 0 bridgehead atoms. The van der Waals surface area contributed by atoms with E-state index in [0.29, 0.717) is 27.9 Å². The first-order valence-electron chi connectivity index (χ1n) is 26.9. The second kappa shape index (κ2) is 19.3. The number of nitriles is 1. The third-order valence-corrected chi connectivity index (χ3v) is 15.6. The Kier molecular flexibility index (Phi) is 11.2. The molecule has 374 valence electrons. The van der Waals surface area contributed by atoms with Crippen LogP contribution in [0.1, 0.15) is 5.56 Å². The van der Waals surface area contributed by atoms with Gasteiger partial charge in [-0.1, -0.05) is 206 Å². The van der Waals surface area contributed by atoms with Gasteiger partial charge in [-0.05, 0) is 123 Å². The fourth-order valence-electron chi connectivity index (χ4n) is 11.9. The van der Waals surface area contributed by atoms with Crippen LogP contribution in [-0.2, 0) is 0 Å². The fourth-order valence-corrected chi connectivity index (χ4v) is 11.9. The lowest BCUT2D eigenvalue weighted by molar-refractivity contribution is 0.654. The summed E-state index contributed by atoms with van der Waals surface area (Å²) in [6.07, 6.45) is 0. The van der Waals surface area contributed by atoms with Gasteiger partial charge in [0.2, 0.25) is 0 Å². The highest BCUT2D eigenvalue weighted by atomic mass is 16.3. The van der Waals surface area contributed by atoms with E-state index in [1.54, 1.807) is 0 Å². The number of hydrogen-bond acceptors (Lipinski definition) is 5. The van der Waals surface area contributed by atoms with Gasteiger partial charge < -0.3 is 18.6 Å². The summed E-state index contributed by atoms with van der Waals surface area (Å²) in [5.74, 6) is 0. The SMILES string of the molecule is N#Cc1c2oc3cc4cc(N(c5ccccc5-c5ccccc5)c5ccccc5-c5ccccc5)ccc4cc3c2cc2c1oc1cc3cc(N(c4ccccc4-c4ccccc4)c4ccccc4-c4ccccc4)ccc3cc12. The number of nitrogens with zero attached hydrogens (tertiary/aromatic N) is 3. The van der Waals surface area contributed by atoms with Crippen molar-refractivity contribution in [2.24, 2.45) is 0 Å². The molecule has 80 heavy (non-hydrogen) atoms. The molecule has 0 amide bonds. The van der Waals surface area contributed by atoms with Crippen molar-refractivity contribution in [3.05, 3.63) is 291 Å². The minimum atomic E-state index is 0.377. The summed E-state index contributed by atoms with van der Waals surface area (Å²) in [6, 6.07) is 103. The minimum absolute atomic E-state index is 0.377. The molecule has 0 spiro atoms. The average molecular weight is 1020 g/mol. The van der Waals surface area contributed by atoms with Crippen molar-refractivity contribution >= 4 is 99.5 Å². The first-order chi connectivity index (χ1) is 39.6. The van der Waals surface area contributed by atoms with Gasteiger partial charge in [0.1, 0.15) is 22.8 Å². The van der Waals surface area contributed by atoms with Gasteiger partial charge in [0.05, 0.1) is 22.7 Å². The smallest absolute Gasteiger partial charge is 0.157 e. The molecule has 15 aromatic rings. The first kappa shape index (κ1) is 46.4. The molecule has 0 N–H and O–H groups in total. The molecule has 0 radical (unpaired) electrons. The molecular formula is C75H47N3O2. The summed E-state index contributed by atoms with van der Waals surface area (Å²) in [5, 5.41) is 18.8. The maximum absolute atomic E-state index is 11.0. The van der Waals surface area contributed by atoms with Crippen LogP contribution in [0.2, 0.25) is 0 Å². The lowest BCUT2D eigenvalue weighted by atomic mass is 9.98. The molecule has 0 unspecified atom stereocenters. The maximum atomic E-state index is 11.0. The van der Waals surface area contributed by atoms with E-state index < -0.39 is 0 Å². The third kappa shape index (κ3) is 7.85. The maximum Gasteiger partial charge on any atom is 0.157 e.